The molecule has 1 saturated carbocycles. The number of rotatable bonds is 3. The van der Waals surface area contributed by atoms with Crippen LogP contribution in [0.4, 0.5) is 5.69 Å². The van der Waals surface area contributed by atoms with E-state index in [0.29, 0.717) is 6.04 Å². The van der Waals surface area contributed by atoms with E-state index < -0.39 is 0 Å². The third-order valence-corrected chi connectivity index (χ3v) is 3.42. The summed E-state index contributed by atoms with van der Waals surface area (Å²) in [6.45, 7) is 5.41. The van der Waals surface area contributed by atoms with E-state index in [9.17, 15) is 0 Å². The Morgan fingerprint density at radius 3 is 2.93 bits per heavy atom. The summed E-state index contributed by atoms with van der Waals surface area (Å²) < 4.78 is 1.97. The first-order valence-corrected chi connectivity index (χ1v) is 6.08. The first-order chi connectivity index (χ1) is 7.29. The number of hydrogen-bond acceptors (Lipinski definition) is 2. The highest BCUT2D eigenvalue weighted by Crippen LogP contribution is 2.26. The molecule has 2 atom stereocenters. The summed E-state index contributed by atoms with van der Waals surface area (Å²) in [6, 6.07) is 0.647. The van der Waals surface area contributed by atoms with Gasteiger partial charge in [-0.2, -0.15) is 5.10 Å². The molecule has 1 fully saturated rings. The smallest absolute Gasteiger partial charge is 0.0728 e. The molecule has 2 rings (SSSR count). The van der Waals surface area contributed by atoms with Gasteiger partial charge < -0.3 is 5.32 Å². The Bertz CT molecular complexity index is 306. The first-order valence-electron chi connectivity index (χ1n) is 6.08. The number of aryl methyl sites for hydroxylation is 1. The van der Waals surface area contributed by atoms with E-state index in [2.05, 4.69) is 30.5 Å². The third kappa shape index (κ3) is 2.52. The maximum Gasteiger partial charge on any atom is 0.0728 e. The van der Waals surface area contributed by atoms with E-state index in [-0.39, 0.29) is 0 Å². The van der Waals surface area contributed by atoms with Gasteiger partial charge in [0, 0.05) is 18.8 Å². The van der Waals surface area contributed by atoms with Gasteiger partial charge in [-0.25, -0.2) is 0 Å². The monoisotopic (exact) mass is 207 g/mol. The quantitative estimate of drug-likeness (QED) is 0.826. The zero-order valence-electron chi connectivity index (χ0n) is 9.74. The van der Waals surface area contributed by atoms with E-state index in [1.165, 1.54) is 31.4 Å². The zero-order chi connectivity index (χ0) is 10.7. The molecule has 0 spiro atoms. The molecule has 0 aliphatic heterocycles. The molecule has 0 aromatic carbocycles. The van der Waals surface area contributed by atoms with Crippen LogP contribution in [-0.2, 0) is 6.54 Å². The molecule has 15 heavy (non-hydrogen) atoms. The summed E-state index contributed by atoms with van der Waals surface area (Å²) >= 11 is 0. The van der Waals surface area contributed by atoms with Crippen LogP contribution in [-0.4, -0.2) is 15.8 Å². The molecule has 1 aliphatic carbocycles. The van der Waals surface area contributed by atoms with E-state index >= 15 is 0 Å². The van der Waals surface area contributed by atoms with Crippen LogP contribution in [0.15, 0.2) is 12.4 Å². The number of nitrogens with zero attached hydrogens (tertiary/aromatic N) is 2. The van der Waals surface area contributed by atoms with Gasteiger partial charge in [0.25, 0.3) is 0 Å². The van der Waals surface area contributed by atoms with Crippen molar-refractivity contribution in [2.75, 3.05) is 5.32 Å². The molecule has 1 heterocycles. The topological polar surface area (TPSA) is 29.9 Å². The van der Waals surface area contributed by atoms with Gasteiger partial charge in [-0.3, -0.25) is 4.68 Å². The van der Waals surface area contributed by atoms with Gasteiger partial charge in [0.05, 0.1) is 11.9 Å². The molecule has 0 bridgehead atoms. The summed E-state index contributed by atoms with van der Waals surface area (Å²) in [6.07, 6.45) is 9.46. The van der Waals surface area contributed by atoms with E-state index in [0.717, 1.165) is 12.5 Å². The Labute approximate surface area is 91.9 Å². The Morgan fingerprint density at radius 1 is 1.47 bits per heavy atom. The van der Waals surface area contributed by atoms with Crippen LogP contribution in [0, 0.1) is 5.92 Å². The van der Waals surface area contributed by atoms with Crippen molar-refractivity contribution in [2.24, 2.45) is 5.92 Å². The minimum absolute atomic E-state index is 0.647. The molecular formula is C12H21N3. The SMILES string of the molecule is CCn1cc(N[C@H]2CCCC[C@H]2C)cn1. The fourth-order valence-corrected chi connectivity index (χ4v) is 2.36. The van der Waals surface area contributed by atoms with Gasteiger partial charge >= 0.3 is 0 Å². The highest BCUT2D eigenvalue weighted by Gasteiger charge is 2.21. The molecule has 0 saturated heterocycles. The molecule has 3 heteroatoms. The molecule has 3 nitrogen and oxygen atoms in total. The summed E-state index contributed by atoms with van der Waals surface area (Å²) in [5, 5.41) is 7.88. The van der Waals surface area contributed by atoms with Crippen LogP contribution in [0.1, 0.15) is 39.5 Å². The number of nitrogens with one attached hydrogen (secondary N) is 1. The molecule has 0 amide bonds. The van der Waals surface area contributed by atoms with Crippen LogP contribution in [0.3, 0.4) is 0 Å². The zero-order valence-corrected chi connectivity index (χ0v) is 9.74. The Balaban J connectivity index is 1.95. The molecule has 1 aliphatic rings. The lowest BCUT2D eigenvalue weighted by molar-refractivity contribution is 0.349. The van der Waals surface area contributed by atoms with Crippen molar-refractivity contribution in [3.8, 4) is 0 Å². The van der Waals surface area contributed by atoms with Gasteiger partial charge in [-0.15, -0.1) is 0 Å². The van der Waals surface area contributed by atoms with Crippen LogP contribution >= 0.6 is 0 Å². The van der Waals surface area contributed by atoms with Crippen molar-refractivity contribution in [2.45, 2.75) is 52.1 Å². The van der Waals surface area contributed by atoms with Crippen molar-refractivity contribution in [1.82, 2.24) is 9.78 Å². The van der Waals surface area contributed by atoms with E-state index in [1.54, 1.807) is 0 Å². The second-order valence-corrected chi connectivity index (χ2v) is 4.60. The molecular weight excluding hydrogens is 186 g/mol. The predicted octanol–water partition coefficient (Wildman–Crippen LogP) is 2.89. The van der Waals surface area contributed by atoms with Crippen molar-refractivity contribution in [3.63, 3.8) is 0 Å². The summed E-state index contributed by atoms with van der Waals surface area (Å²) in [7, 11) is 0. The van der Waals surface area contributed by atoms with E-state index in [1.807, 2.05) is 10.9 Å². The van der Waals surface area contributed by atoms with Gasteiger partial charge in [0.1, 0.15) is 0 Å². The fraction of sp³-hybridized carbons (Fsp3) is 0.750. The van der Waals surface area contributed by atoms with Crippen LogP contribution < -0.4 is 5.32 Å². The first kappa shape index (κ1) is 10.5. The van der Waals surface area contributed by atoms with Crippen molar-refractivity contribution >= 4 is 5.69 Å². The number of aromatic nitrogens is 2. The van der Waals surface area contributed by atoms with Crippen molar-refractivity contribution in [1.29, 1.82) is 0 Å². The lowest BCUT2D eigenvalue weighted by Crippen LogP contribution is -2.30. The highest BCUT2D eigenvalue weighted by atomic mass is 15.3. The highest BCUT2D eigenvalue weighted by molar-refractivity contribution is 5.39. The molecule has 84 valence electrons. The van der Waals surface area contributed by atoms with Gasteiger partial charge in [-0.05, 0) is 25.7 Å². The minimum atomic E-state index is 0.647. The summed E-state index contributed by atoms with van der Waals surface area (Å²) in [5.41, 5.74) is 1.18. The maximum absolute atomic E-state index is 4.28. The fourth-order valence-electron chi connectivity index (χ4n) is 2.36. The number of hydrogen-bond donors (Lipinski definition) is 1. The summed E-state index contributed by atoms with van der Waals surface area (Å²) in [4.78, 5) is 0. The Morgan fingerprint density at radius 2 is 2.27 bits per heavy atom. The van der Waals surface area contributed by atoms with Crippen molar-refractivity contribution in [3.05, 3.63) is 12.4 Å². The predicted molar refractivity (Wildman–Crippen MR) is 62.9 cm³/mol. The van der Waals surface area contributed by atoms with Crippen LogP contribution in [0.5, 0.6) is 0 Å². The second-order valence-electron chi connectivity index (χ2n) is 4.60. The van der Waals surface area contributed by atoms with Crippen LogP contribution in [0.2, 0.25) is 0 Å². The molecule has 1 N–H and O–H groups in total. The van der Waals surface area contributed by atoms with E-state index in [4.69, 9.17) is 0 Å². The standard InChI is InChI=1S/C12H21N3/c1-3-15-9-11(8-13-15)14-12-7-5-4-6-10(12)2/h8-10,12,14H,3-7H2,1-2H3/t10-,12+/m1/s1. The van der Waals surface area contributed by atoms with Crippen LogP contribution in [0.25, 0.3) is 0 Å². The average Bonchev–Trinajstić information content (AvgIpc) is 2.69. The molecule has 1 aromatic rings. The maximum atomic E-state index is 4.28. The van der Waals surface area contributed by atoms with Gasteiger partial charge in [0.2, 0.25) is 0 Å². The second kappa shape index (κ2) is 4.69. The largest absolute Gasteiger partial charge is 0.380 e. The van der Waals surface area contributed by atoms with Crippen molar-refractivity contribution < 1.29 is 0 Å². The number of anilines is 1. The lowest BCUT2D eigenvalue weighted by Gasteiger charge is -2.29. The Hall–Kier alpha value is -0.990. The van der Waals surface area contributed by atoms with Gasteiger partial charge in [-0.1, -0.05) is 19.8 Å². The molecule has 0 radical (unpaired) electrons. The Kier molecular flexibility index (Phi) is 3.29. The molecule has 1 aromatic heterocycles. The van der Waals surface area contributed by atoms with Gasteiger partial charge in [0.15, 0.2) is 0 Å². The lowest BCUT2D eigenvalue weighted by atomic mass is 9.86. The minimum Gasteiger partial charge on any atom is -0.380 e. The average molecular weight is 207 g/mol. The summed E-state index contributed by atoms with van der Waals surface area (Å²) in [5.74, 6) is 0.795. The normalized spacial score (nSPS) is 26.5. The third-order valence-electron chi connectivity index (χ3n) is 3.42. The molecule has 0 unspecified atom stereocenters.